The maximum absolute atomic E-state index is 13.8. The van der Waals surface area contributed by atoms with Gasteiger partial charge in [-0.25, -0.2) is 0 Å². The summed E-state index contributed by atoms with van der Waals surface area (Å²) in [5.41, 5.74) is 7.74. The number of hydrogen-bond donors (Lipinski definition) is 0. The highest BCUT2D eigenvalue weighted by Gasteiger charge is 2.30. The largest absolute Gasteiger partial charge is 0.287 e. The van der Waals surface area contributed by atoms with E-state index in [4.69, 9.17) is 0 Å². The third-order valence-electron chi connectivity index (χ3n) is 7.51. The van der Waals surface area contributed by atoms with Gasteiger partial charge in [0.25, 0.3) is 0 Å². The van der Waals surface area contributed by atoms with Crippen molar-refractivity contribution < 1.29 is 14.4 Å². The monoisotopic (exact) mass is 554 g/mol. The molecule has 36 heavy (non-hydrogen) atoms. The predicted octanol–water partition coefficient (Wildman–Crippen LogP) is 8.71. The second-order valence-corrected chi connectivity index (χ2v) is 14.0. The molecule has 0 fully saturated rings. The molecule has 4 heterocycles. The van der Waals surface area contributed by atoms with Crippen molar-refractivity contribution in [3.8, 4) is 0 Å². The molecule has 0 radical (unpaired) electrons. The van der Waals surface area contributed by atoms with Gasteiger partial charge in [-0.1, -0.05) is 0 Å². The fraction of sp³-hybridized carbons (Fsp3) is 0.345. The lowest BCUT2D eigenvalue weighted by molar-refractivity contribution is 0.103. The Bertz CT molecular complexity index is 1470. The van der Waals surface area contributed by atoms with Crippen molar-refractivity contribution in [2.45, 2.75) is 69.2 Å². The Morgan fingerprint density at radius 1 is 0.333 bits per heavy atom. The fourth-order valence-corrected chi connectivity index (χ4v) is 9.11. The van der Waals surface area contributed by atoms with Crippen LogP contribution < -0.4 is 0 Å². The van der Waals surface area contributed by atoms with Crippen molar-refractivity contribution in [1.82, 2.24) is 0 Å². The highest BCUT2D eigenvalue weighted by atomic mass is 32.1. The lowest BCUT2D eigenvalue weighted by Gasteiger charge is -1.99. The molecule has 0 spiro atoms. The van der Waals surface area contributed by atoms with Crippen LogP contribution in [0.4, 0.5) is 0 Å². The number of ketones is 3. The van der Waals surface area contributed by atoms with Crippen LogP contribution in [-0.4, -0.2) is 17.3 Å². The number of carbonyl (C=O) groups is 3. The number of rotatable bonds is 6. The Morgan fingerprint density at radius 3 is 0.722 bits per heavy atom. The molecule has 0 aliphatic rings. The summed E-state index contributed by atoms with van der Waals surface area (Å²) < 4.78 is 0. The molecule has 0 aliphatic carbocycles. The van der Waals surface area contributed by atoms with E-state index < -0.39 is 0 Å². The van der Waals surface area contributed by atoms with Crippen LogP contribution >= 0.6 is 45.3 Å². The molecule has 188 valence electrons. The van der Waals surface area contributed by atoms with E-state index in [1.807, 2.05) is 69.2 Å². The molecule has 0 N–H and O–H groups in total. The third kappa shape index (κ3) is 4.10. The first-order valence-corrected chi connectivity index (χ1v) is 15.0. The van der Waals surface area contributed by atoms with E-state index in [1.165, 1.54) is 45.3 Å². The topological polar surface area (TPSA) is 51.2 Å². The van der Waals surface area contributed by atoms with Gasteiger partial charge in [0.15, 0.2) is 0 Å². The van der Waals surface area contributed by atoms with Crippen LogP contribution in [0.15, 0.2) is 0 Å². The molecule has 7 heteroatoms. The molecule has 0 amide bonds. The van der Waals surface area contributed by atoms with Crippen molar-refractivity contribution in [2.75, 3.05) is 0 Å². The minimum Gasteiger partial charge on any atom is -0.287 e. The van der Waals surface area contributed by atoms with Crippen LogP contribution in [0.2, 0.25) is 0 Å². The van der Waals surface area contributed by atoms with Gasteiger partial charge in [-0.3, -0.25) is 14.4 Å². The molecule has 0 unspecified atom stereocenters. The van der Waals surface area contributed by atoms with E-state index in [0.29, 0.717) is 19.5 Å². The summed E-state index contributed by atoms with van der Waals surface area (Å²) in [5.74, 6) is -0.116. The van der Waals surface area contributed by atoms with Gasteiger partial charge in [0, 0.05) is 9.75 Å². The standard InChI is InChI=1S/C29H30O3S4/c1-11-13(3)24(33-19(11)9)21(30)26-15(5)17(7)28(35-26)23(32)29-18(8)16(6)27(36-29)22(31)25-14(4)12(2)20(10)34-25/h1-10H3. The summed E-state index contributed by atoms with van der Waals surface area (Å²) in [6.07, 6.45) is 0. The first-order valence-electron chi connectivity index (χ1n) is 11.7. The Hall–Kier alpha value is -2.19. The van der Waals surface area contributed by atoms with Gasteiger partial charge in [0.1, 0.15) is 0 Å². The van der Waals surface area contributed by atoms with Crippen LogP contribution in [0.1, 0.15) is 97.9 Å². The fourth-order valence-electron chi connectivity index (χ4n) is 4.28. The number of aryl methyl sites for hydroxylation is 2. The maximum Gasteiger partial charge on any atom is 0.213 e. The number of carbonyl (C=O) groups excluding carboxylic acids is 3. The predicted molar refractivity (Wildman–Crippen MR) is 155 cm³/mol. The van der Waals surface area contributed by atoms with Gasteiger partial charge >= 0.3 is 0 Å². The zero-order valence-electron chi connectivity index (χ0n) is 22.4. The van der Waals surface area contributed by atoms with Gasteiger partial charge in [0.2, 0.25) is 17.3 Å². The van der Waals surface area contributed by atoms with Crippen LogP contribution in [-0.2, 0) is 0 Å². The molecule has 0 aliphatic heterocycles. The van der Waals surface area contributed by atoms with Gasteiger partial charge < -0.3 is 0 Å². The quantitative estimate of drug-likeness (QED) is 0.224. The molecule has 4 aromatic heterocycles. The first-order chi connectivity index (χ1) is 16.8. The Balaban J connectivity index is 1.75. The minimum absolute atomic E-state index is 0.00721. The SMILES string of the molecule is Cc1sc(C(=O)c2sc(C(=O)c3sc(C(=O)c4sc(C)c(C)c4C)c(C)c3C)c(C)c2C)c(C)c1C. The molecule has 0 saturated carbocycles. The molecule has 0 saturated heterocycles. The lowest BCUT2D eigenvalue weighted by atomic mass is 10.0. The van der Waals surface area contributed by atoms with Gasteiger partial charge in [-0.2, -0.15) is 0 Å². The summed E-state index contributed by atoms with van der Waals surface area (Å²) in [5, 5.41) is 0. The highest BCUT2D eigenvalue weighted by Crippen LogP contribution is 2.39. The highest BCUT2D eigenvalue weighted by molar-refractivity contribution is 7.21. The molecule has 0 bridgehead atoms. The number of hydrogen-bond acceptors (Lipinski definition) is 7. The van der Waals surface area contributed by atoms with E-state index in [9.17, 15) is 14.4 Å². The van der Waals surface area contributed by atoms with E-state index in [0.717, 1.165) is 64.0 Å². The first kappa shape index (κ1) is 26.9. The van der Waals surface area contributed by atoms with Crippen molar-refractivity contribution in [3.63, 3.8) is 0 Å². The molecule has 4 rings (SSSR count). The Kier molecular flexibility index (Phi) is 7.16. The van der Waals surface area contributed by atoms with E-state index in [-0.39, 0.29) is 17.3 Å². The van der Waals surface area contributed by atoms with Crippen molar-refractivity contribution >= 4 is 62.7 Å². The second kappa shape index (κ2) is 9.60. The average Bonchev–Trinajstić information content (AvgIpc) is 3.49. The Morgan fingerprint density at radius 2 is 0.528 bits per heavy atom. The van der Waals surface area contributed by atoms with Crippen molar-refractivity contribution in [2.24, 2.45) is 0 Å². The van der Waals surface area contributed by atoms with Gasteiger partial charge in [-0.05, 0) is 114 Å². The Labute approximate surface area is 228 Å². The molecule has 0 aromatic carbocycles. The summed E-state index contributed by atoms with van der Waals surface area (Å²) in [7, 11) is 0. The smallest absolute Gasteiger partial charge is 0.213 e. The summed E-state index contributed by atoms with van der Waals surface area (Å²) in [6.45, 7) is 19.8. The normalized spacial score (nSPS) is 11.4. The lowest BCUT2D eigenvalue weighted by Crippen LogP contribution is -2.00. The summed E-state index contributed by atoms with van der Waals surface area (Å²) in [4.78, 5) is 47.0. The van der Waals surface area contributed by atoms with Crippen LogP contribution in [0.5, 0.6) is 0 Å². The summed E-state index contributed by atoms with van der Waals surface area (Å²) in [6, 6.07) is 0. The molecule has 0 atom stereocenters. The van der Waals surface area contributed by atoms with Gasteiger partial charge in [-0.15, -0.1) is 45.3 Å². The minimum atomic E-state index is -0.102. The zero-order valence-corrected chi connectivity index (χ0v) is 25.6. The van der Waals surface area contributed by atoms with E-state index >= 15 is 0 Å². The molecular formula is C29H30O3S4. The van der Waals surface area contributed by atoms with Crippen LogP contribution in [0.3, 0.4) is 0 Å². The van der Waals surface area contributed by atoms with Crippen molar-refractivity contribution in [1.29, 1.82) is 0 Å². The van der Waals surface area contributed by atoms with E-state index in [2.05, 4.69) is 0 Å². The van der Waals surface area contributed by atoms with Crippen LogP contribution in [0, 0.1) is 69.2 Å². The van der Waals surface area contributed by atoms with Gasteiger partial charge in [0.05, 0.1) is 29.3 Å². The maximum atomic E-state index is 13.8. The number of thiophene rings is 4. The van der Waals surface area contributed by atoms with Crippen LogP contribution in [0.25, 0.3) is 0 Å². The second-order valence-electron chi connectivity index (χ2n) is 9.48. The van der Waals surface area contributed by atoms with E-state index in [1.54, 1.807) is 0 Å². The summed E-state index contributed by atoms with van der Waals surface area (Å²) >= 11 is 5.61. The molecular weight excluding hydrogens is 525 g/mol. The third-order valence-corrected chi connectivity index (χ3v) is 12.9. The van der Waals surface area contributed by atoms with Crippen molar-refractivity contribution in [3.05, 3.63) is 83.5 Å². The zero-order chi connectivity index (χ0) is 26.8. The molecule has 3 nitrogen and oxygen atoms in total. The average molecular weight is 555 g/mol. The molecule has 4 aromatic rings.